The Morgan fingerprint density at radius 1 is 1.32 bits per heavy atom. The number of nitrogens with zero attached hydrogens (tertiary/aromatic N) is 2. The number of nitrogens with one attached hydrogen (secondary N) is 1. The molecule has 0 radical (unpaired) electrons. The van der Waals surface area contributed by atoms with Gasteiger partial charge in [0.1, 0.15) is 6.54 Å². The van der Waals surface area contributed by atoms with Crippen molar-refractivity contribution in [3.63, 3.8) is 0 Å². The van der Waals surface area contributed by atoms with Gasteiger partial charge in [-0.2, -0.15) is 0 Å². The van der Waals surface area contributed by atoms with E-state index in [0.717, 1.165) is 6.07 Å². The van der Waals surface area contributed by atoms with Crippen LogP contribution in [-0.4, -0.2) is 29.9 Å². The minimum atomic E-state index is -0.594. The quantitative estimate of drug-likeness (QED) is 0.388. The standard InChI is InChI=1S/C16H12ClN3O5/c17-10-2-1-3-11(6-10)18-15(21)8-19-9-16(22)25-14-7-12(20(23)24)4-5-13(14)19/h1-7H,8-9H2,(H,18,21). The number of carbonyl (C=O) groups excluding carboxylic acids is 2. The highest BCUT2D eigenvalue weighted by Crippen LogP contribution is 2.35. The molecule has 3 rings (SSSR count). The number of halogens is 1. The first kappa shape index (κ1) is 16.7. The van der Waals surface area contributed by atoms with Gasteiger partial charge in [-0.25, -0.2) is 4.79 Å². The normalized spacial score (nSPS) is 13.0. The maximum atomic E-state index is 12.2. The Morgan fingerprint density at radius 3 is 2.84 bits per heavy atom. The molecular weight excluding hydrogens is 350 g/mol. The van der Waals surface area contributed by atoms with Crippen LogP contribution in [0.15, 0.2) is 42.5 Å². The monoisotopic (exact) mass is 361 g/mol. The molecule has 0 atom stereocenters. The number of hydrogen-bond acceptors (Lipinski definition) is 6. The number of nitro benzene ring substituents is 1. The molecule has 1 N–H and O–H groups in total. The first-order valence-corrected chi connectivity index (χ1v) is 7.59. The first-order chi connectivity index (χ1) is 11.9. The summed E-state index contributed by atoms with van der Waals surface area (Å²) >= 11 is 5.87. The van der Waals surface area contributed by atoms with E-state index in [0.29, 0.717) is 16.4 Å². The zero-order valence-corrected chi connectivity index (χ0v) is 13.5. The molecule has 0 saturated heterocycles. The third-order valence-electron chi connectivity index (χ3n) is 3.48. The third-order valence-corrected chi connectivity index (χ3v) is 3.72. The summed E-state index contributed by atoms with van der Waals surface area (Å²) in [5.74, 6) is -0.897. The molecule has 9 heteroatoms. The number of fused-ring (bicyclic) bond motifs is 1. The number of non-ortho nitro benzene ring substituents is 1. The Bertz CT molecular complexity index is 871. The van der Waals surface area contributed by atoms with Gasteiger partial charge in [-0.05, 0) is 24.3 Å². The fourth-order valence-corrected chi connectivity index (χ4v) is 2.63. The predicted octanol–water partition coefficient (Wildman–Crippen LogP) is 2.61. The highest BCUT2D eigenvalue weighted by atomic mass is 35.5. The van der Waals surface area contributed by atoms with E-state index in [1.54, 1.807) is 24.3 Å². The fourth-order valence-electron chi connectivity index (χ4n) is 2.44. The van der Waals surface area contributed by atoms with Gasteiger partial charge in [0.15, 0.2) is 5.75 Å². The number of hydrogen-bond donors (Lipinski definition) is 1. The van der Waals surface area contributed by atoms with E-state index in [2.05, 4.69) is 5.32 Å². The summed E-state index contributed by atoms with van der Waals surface area (Å²) in [6.45, 7) is -0.250. The summed E-state index contributed by atoms with van der Waals surface area (Å²) in [5.41, 5.74) is 0.768. The van der Waals surface area contributed by atoms with Gasteiger partial charge in [0.2, 0.25) is 5.91 Å². The summed E-state index contributed by atoms with van der Waals surface area (Å²) in [6, 6.07) is 10.6. The smallest absolute Gasteiger partial charge is 0.331 e. The molecule has 1 aliphatic rings. The molecule has 0 spiro atoms. The van der Waals surface area contributed by atoms with E-state index in [1.807, 2.05) is 0 Å². The van der Waals surface area contributed by atoms with Crippen molar-refractivity contribution in [3.05, 3.63) is 57.6 Å². The number of nitro groups is 1. The van der Waals surface area contributed by atoms with Crippen molar-refractivity contribution in [1.82, 2.24) is 0 Å². The molecule has 1 amide bonds. The molecule has 25 heavy (non-hydrogen) atoms. The Labute approximate surface area is 147 Å². The Kier molecular flexibility index (Phi) is 4.53. The Morgan fingerprint density at radius 2 is 2.12 bits per heavy atom. The van der Waals surface area contributed by atoms with Gasteiger partial charge in [0.25, 0.3) is 5.69 Å². The maximum Gasteiger partial charge on any atom is 0.331 e. The highest BCUT2D eigenvalue weighted by molar-refractivity contribution is 6.30. The fraction of sp³-hybridized carbons (Fsp3) is 0.125. The molecule has 1 heterocycles. The molecule has 0 aliphatic carbocycles. The number of rotatable bonds is 4. The molecule has 0 unspecified atom stereocenters. The van der Waals surface area contributed by atoms with Crippen LogP contribution in [0.5, 0.6) is 5.75 Å². The summed E-state index contributed by atoms with van der Waals surface area (Å²) < 4.78 is 5.03. The molecule has 0 fully saturated rings. The van der Waals surface area contributed by atoms with E-state index in [4.69, 9.17) is 16.3 Å². The predicted molar refractivity (Wildman–Crippen MR) is 91.0 cm³/mol. The van der Waals surface area contributed by atoms with Gasteiger partial charge < -0.3 is 15.0 Å². The molecular formula is C16H12ClN3O5. The van der Waals surface area contributed by atoms with Crippen molar-refractivity contribution in [2.45, 2.75) is 0 Å². The lowest BCUT2D eigenvalue weighted by atomic mass is 10.2. The second-order valence-electron chi connectivity index (χ2n) is 5.30. The molecule has 2 aromatic rings. The summed E-state index contributed by atoms with van der Waals surface area (Å²) in [7, 11) is 0. The molecule has 1 aliphatic heterocycles. The van der Waals surface area contributed by atoms with Crippen LogP contribution in [0, 0.1) is 10.1 Å². The minimum Gasteiger partial charge on any atom is -0.423 e. The first-order valence-electron chi connectivity index (χ1n) is 7.22. The third kappa shape index (κ3) is 3.86. The number of ether oxygens (including phenoxy) is 1. The highest BCUT2D eigenvalue weighted by Gasteiger charge is 2.27. The van der Waals surface area contributed by atoms with Crippen LogP contribution in [-0.2, 0) is 9.59 Å². The van der Waals surface area contributed by atoms with Crippen LogP contribution < -0.4 is 15.0 Å². The topological polar surface area (TPSA) is 102 Å². The van der Waals surface area contributed by atoms with Gasteiger partial charge in [0, 0.05) is 16.8 Å². The largest absolute Gasteiger partial charge is 0.423 e. The van der Waals surface area contributed by atoms with E-state index < -0.39 is 10.9 Å². The van der Waals surface area contributed by atoms with Crippen LogP contribution in [0.25, 0.3) is 0 Å². The summed E-state index contributed by atoms with van der Waals surface area (Å²) in [6.07, 6.45) is 0. The van der Waals surface area contributed by atoms with Crippen molar-refractivity contribution in [1.29, 1.82) is 0 Å². The number of anilines is 2. The minimum absolute atomic E-state index is 0.0565. The average Bonchev–Trinajstić information content (AvgIpc) is 2.53. The van der Waals surface area contributed by atoms with E-state index >= 15 is 0 Å². The van der Waals surface area contributed by atoms with Crippen LogP contribution in [0.2, 0.25) is 5.02 Å². The van der Waals surface area contributed by atoms with Crippen LogP contribution in [0.1, 0.15) is 0 Å². The van der Waals surface area contributed by atoms with Crippen molar-refractivity contribution in [3.8, 4) is 5.75 Å². The van der Waals surface area contributed by atoms with Crippen molar-refractivity contribution in [2.24, 2.45) is 0 Å². The van der Waals surface area contributed by atoms with E-state index in [9.17, 15) is 19.7 Å². The number of carbonyl (C=O) groups is 2. The summed E-state index contributed by atoms with van der Waals surface area (Å²) in [4.78, 5) is 35.7. The molecule has 128 valence electrons. The van der Waals surface area contributed by atoms with Crippen molar-refractivity contribution in [2.75, 3.05) is 23.3 Å². The zero-order chi connectivity index (χ0) is 18.0. The average molecular weight is 362 g/mol. The molecule has 8 nitrogen and oxygen atoms in total. The molecule has 2 aromatic carbocycles. The van der Waals surface area contributed by atoms with Gasteiger partial charge >= 0.3 is 5.97 Å². The van der Waals surface area contributed by atoms with Crippen LogP contribution in [0.3, 0.4) is 0 Å². The van der Waals surface area contributed by atoms with Gasteiger partial charge in [-0.1, -0.05) is 17.7 Å². The van der Waals surface area contributed by atoms with Gasteiger partial charge in [0.05, 0.1) is 23.2 Å². The second kappa shape index (κ2) is 6.78. The Balaban J connectivity index is 1.78. The van der Waals surface area contributed by atoms with Gasteiger partial charge in [-0.15, -0.1) is 0 Å². The zero-order valence-electron chi connectivity index (χ0n) is 12.8. The number of benzene rings is 2. The lowest BCUT2D eigenvalue weighted by Gasteiger charge is -2.28. The van der Waals surface area contributed by atoms with E-state index in [1.165, 1.54) is 17.0 Å². The number of esters is 1. The number of amides is 1. The van der Waals surface area contributed by atoms with Gasteiger partial charge in [-0.3, -0.25) is 14.9 Å². The second-order valence-corrected chi connectivity index (χ2v) is 5.73. The lowest BCUT2D eigenvalue weighted by Crippen LogP contribution is -2.41. The summed E-state index contributed by atoms with van der Waals surface area (Å²) in [5, 5.41) is 14.0. The lowest BCUT2D eigenvalue weighted by molar-refractivity contribution is -0.384. The van der Waals surface area contributed by atoms with Crippen molar-refractivity contribution < 1.29 is 19.2 Å². The molecule has 0 saturated carbocycles. The van der Waals surface area contributed by atoms with Crippen LogP contribution >= 0.6 is 11.6 Å². The molecule has 0 aromatic heterocycles. The van der Waals surface area contributed by atoms with Crippen LogP contribution in [0.4, 0.5) is 17.1 Å². The SMILES string of the molecule is O=C(CN1CC(=O)Oc2cc([N+](=O)[O-])ccc21)Nc1cccc(Cl)c1. The van der Waals surface area contributed by atoms with E-state index in [-0.39, 0.29) is 30.4 Å². The van der Waals surface area contributed by atoms with Crippen molar-refractivity contribution >= 4 is 40.5 Å². The Hall–Kier alpha value is -3.13. The molecule has 0 bridgehead atoms. The maximum absolute atomic E-state index is 12.2.